The molecule has 0 aromatic heterocycles. The van der Waals surface area contributed by atoms with E-state index in [0.717, 1.165) is 0 Å². The van der Waals surface area contributed by atoms with Crippen LogP contribution in [-0.4, -0.2) is 25.3 Å². The van der Waals surface area contributed by atoms with Crippen LogP contribution >= 0.6 is 0 Å². The lowest BCUT2D eigenvalue weighted by atomic mass is 10.1. The third-order valence-electron chi connectivity index (χ3n) is 3.27. The molecule has 0 bridgehead atoms. The zero-order valence-corrected chi connectivity index (χ0v) is 13.2. The van der Waals surface area contributed by atoms with Crippen LogP contribution in [0.4, 0.5) is 0 Å². The maximum absolute atomic E-state index is 11.2. The fourth-order valence-corrected chi connectivity index (χ4v) is 2.10. The second kappa shape index (κ2) is 7.35. The first kappa shape index (κ1) is 16.4. The van der Waals surface area contributed by atoms with E-state index in [0.29, 0.717) is 22.8 Å². The van der Waals surface area contributed by atoms with Crippen molar-refractivity contribution in [1.82, 2.24) is 0 Å². The zero-order chi connectivity index (χ0) is 16.8. The van der Waals surface area contributed by atoms with Gasteiger partial charge < -0.3 is 19.3 Å². The summed E-state index contributed by atoms with van der Waals surface area (Å²) in [6, 6.07) is 14.3. The Kier molecular flexibility index (Phi) is 5.25. The average Bonchev–Trinajstić information content (AvgIpc) is 2.57. The first-order valence-electron chi connectivity index (χ1n) is 6.96. The zero-order valence-electron chi connectivity index (χ0n) is 13.2. The molecule has 0 radical (unpaired) electrons. The summed E-state index contributed by atoms with van der Waals surface area (Å²) in [4.78, 5) is 11.2. The number of hydrogen-bond acceptors (Lipinski definition) is 4. The molecule has 0 fully saturated rings. The number of ether oxygens (including phenoxy) is 3. The normalized spacial score (nSPS) is 11.4. The van der Waals surface area contributed by atoms with Crippen LogP contribution in [0, 0.1) is 0 Å². The first-order chi connectivity index (χ1) is 11.1. The predicted molar refractivity (Wildman–Crippen MR) is 86.7 cm³/mol. The van der Waals surface area contributed by atoms with Gasteiger partial charge in [-0.3, -0.25) is 0 Å². The van der Waals surface area contributed by atoms with Crippen LogP contribution in [0.15, 0.2) is 54.1 Å². The predicted octanol–water partition coefficient (Wildman–Crippen LogP) is 3.95. The Labute approximate surface area is 134 Å². The standard InChI is InChI=1S/C18H18O5/c1-12(18(19)20)17(22-3)15-9-4-5-10-16(15)23-14-8-6-7-13(11-14)21-2/h4-11H,1-3H3,(H,19,20)/b17-12+. The molecule has 0 atom stereocenters. The highest BCUT2D eigenvalue weighted by Gasteiger charge is 2.16. The monoisotopic (exact) mass is 314 g/mol. The Bertz CT molecular complexity index is 734. The van der Waals surface area contributed by atoms with Crippen molar-refractivity contribution in [3.8, 4) is 17.2 Å². The molecule has 2 aromatic rings. The number of benzene rings is 2. The number of rotatable bonds is 6. The Morgan fingerprint density at radius 2 is 1.70 bits per heavy atom. The van der Waals surface area contributed by atoms with E-state index in [-0.39, 0.29) is 11.3 Å². The van der Waals surface area contributed by atoms with Crippen molar-refractivity contribution in [1.29, 1.82) is 0 Å². The van der Waals surface area contributed by atoms with Crippen LogP contribution in [0.5, 0.6) is 17.2 Å². The van der Waals surface area contributed by atoms with Crippen molar-refractivity contribution in [3.05, 3.63) is 59.7 Å². The fourth-order valence-electron chi connectivity index (χ4n) is 2.10. The van der Waals surface area contributed by atoms with Gasteiger partial charge in [-0.05, 0) is 31.2 Å². The average molecular weight is 314 g/mol. The molecule has 0 aliphatic carbocycles. The minimum absolute atomic E-state index is 0.106. The molecule has 2 aromatic carbocycles. The minimum Gasteiger partial charge on any atom is -0.497 e. The number of carbonyl (C=O) groups is 1. The van der Waals surface area contributed by atoms with Gasteiger partial charge in [-0.1, -0.05) is 18.2 Å². The van der Waals surface area contributed by atoms with E-state index in [4.69, 9.17) is 14.2 Å². The molecule has 0 spiro atoms. The molecule has 5 nitrogen and oxygen atoms in total. The number of carboxylic acids is 1. The molecule has 2 rings (SSSR count). The number of hydrogen-bond donors (Lipinski definition) is 1. The summed E-state index contributed by atoms with van der Waals surface area (Å²) in [5, 5.41) is 9.20. The van der Waals surface area contributed by atoms with Crippen molar-refractivity contribution in [3.63, 3.8) is 0 Å². The van der Waals surface area contributed by atoms with Gasteiger partial charge in [0.25, 0.3) is 0 Å². The van der Waals surface area contributed by atoms with E-state index in [9.17, 15) is 9.90 Å². The number of methoxy groups -OCH3 is 2. The van der Waals surface area contributed by atoms with Crippen molar-refractivity contribution in [2.45, 2.75) is 6.92 Å². The van der Waals surface area contributed by atoms with Crippen LogP contribution in [0.2, 0.25) is 0 Å². The minimum atomic E-state index is -1.04. The maximum atomic E-state index is 11.2. The summed E-state index contributed by atoms with van der Waals surface area (Å²) in [5.74, 6) is 0.969. The molecule has 0 aliphatic heterocycles. The van der Waals surface area contributed by atoms with Crippen molar-refractivity contribution in [2.75, 3.05) is 14.2 Å². The quantitative estimate of drug-likeness (QED) is 0.646. The van der Waals surface area contributed by atoms with Gasteiger partial charge in [-0.15, -0.1) is 0 Å². The van der Waals surface area contributed by atoms with Gasteiger partial charge in [0.15, 0.2) is 0 Å². The second-order valence-corrected chi connectivity index (χ2v) is 4.74. The molecular weight excluding hydrogens is 296 g/mol. The van der Waals surface area contributed by atoms with Crippen molar-refractivity contribution >= 4 is 11.7 Å². The van der Waals surface area contributed by atoms with E-state index >= 15 is 0 Å². The number of carboxylic acid groups (broad SMARTS) is 1. The molecule has 5 heteroatoms. The second-order valence-electron chi connectivity index (χ2n) is 4.74. The largest absolute Gasteiger partial charge is 0.497 e. The third-order valence-corrected chi connectivity index (χ3v) is 3.27. The van der Waals surface area contributed by atoms with Gasteiger partial charge in [0.05, 0.1) is 25.4 Å². The topological polar surface area (TPSA) is 65.0 Å². The highest BCUT2D eigenvalue weighted by Crippen LogP contribution is 2.33. The Balaban J connectivity index is 2.45. The Hall–Kier alpha value is -2.95. The van der Waals surface area contributed by atoms with Gasteiger partial charge in [-0.2, -0.15) is 0 Å². The summed E-state index contributed by atoms with van der Waals surface area (Å²) in [6.07, 6.45) is 0. The summed E-state index contributed by atoms with van der Waals surface area (Å²) in [7, 11) is 3.01. The SMILES string of the molecule is CO/C(=C(\C)C(=O)O)c1ccccc1Oc1cccc(OC)c1. The molecule has 23 heavy (non-hydrogen) atoms. The van der Waals surface area contributed by atoms with Gasteiger partial charge in [0, 0.05) is 6.07 Å². The highest BCUT2D eigenvalue weighted by molar-refractivity contribution is 5.94. The van der Waals surface area contributed by atoms with E-state index in [2.05, 4.69) is 0 Å². The van der Waals surface area contributed by atoms with Crippen LogP contribution in [-0.2, 0) is 9.53 Å². The summed E-state index contributed by atoms with van der Waals surface area (Å²) in [6.45, 7) is 1.49. The van der Waals surface area contributed by atoms with Crippen LogP contribution in [0.3, 0.4) is 0 Å². The number of aliphatic carboxylic acids is 1. The van der Waals surface area contributed by atoms with Gasteiger partial charge >= 0.3 is 5.97 Å². The summed E-state index contributed by atoms with van der Waals surface area (Å²) < 4.78 is 16.3. The molecule has 0 amide bonds. The fraction of sp³-hybridized carbons (Fsp3) is 0.167. The molecule has 0 heterocycles. The molecule has 0 aliphatic rings. The Morgan fingerprint density at radius 3 is 2.35 bits per heavy atom. The van der Waals surface area contributed by atoms with Crippen LogP contribution in [0.25, 0.3) is 5.76 Å². The van der Waals surface area contributed by atoms with Crippen molar-refractivity contribution in [2.24, 2.45) is 0 Å². The van der Waals surface area contributed by atoms with E-state index in [1.165, 1.54) is 14.0 Å². The third kappa shape index (κ3) is 3.83. The van der Waals surface area contributed by atoms with Crippen LogP contribution in [0.1, 0.15) is 12.5 Å². The summed E-state index contributed by atoms with van der Waals surface area (Å²) in [5.41, 5.74) is 0.673. The van der Waals surface area contributed by atoms with Gasteiger partial charge in [0.1, 0.15) is 23.0 Å². The maximum Gasteiger partial charge on any atom is 0.335 e. The van der Waals surface area contributed by atoms with Crippen LogP contribution < -0.4 is 9.47 Å². The van der Waals surface area contributed by atoms with Crippen molar-refractivity contribution < 1.29 is 24.1 Å². The molecule has 120 valence electrons. The van der Waals surface area contributed by atoms with Gasteiger partial charge in [0.2, 0.25) is 0 Å². The molecule has 1 N–H and O–H groups in total. The summed E-state index contributed by atoms with van der Waals surface area (Å²) >= 11 is 0. The lowest BCUT2D eigenvalue weighted by Gasteiger charge is -2.14. The molecular formula is C18H18O5. The van der Waals surface area contributed by atoms with E-state index in [1.807, 2.05) is 18.2 Å². The Morgan fingerprint density at radius 1 is 1.00 bits per heavy atom. The molecule has 0 unspecified atom stereocenters. The molecule has 0 saturated carbocycles. The van der Waals surface area contributed by atoms with Gasteiger partial charge in [-0.25, -0.2) is 4.79 Å². The lowest BCUT2D eigenvalue weighted by Crippen LogP contribution is -2.03. The highest BCUT2D eigenvalue weighted by atomic mass is 16.5. The van der Waals surface area contributed by atoms with E-state index < -0.39 is 5.97 Å². The number of para-hydroxylation sites is 1. The molecule has 0 saturated heterocycles. The van der Waals surface area contributed by atoms with E-state index in [1.54, 1.807) is 37.4 Å². The first-order valence-corrected chi connectivity index (χ1v) is 6.96. The lowest BCUT2D eigenvalue weighted by molar-refractivity contribution is -0.132. The smallest absolute Gasteiger partial charge is 0.335 e.